The first-order chi connectivity index (χ1) is 16.4. The lowest BCUT2D eigenvalue weighted by Gasteiger charge is -2.34. The molecule has 0 aromatic carbocycles. The largest absolute Gasteiger partial charge is 0.457 e. The number of ether oxygens (including phenoxy) is 1. The molecule has 0 saturated heterocycles. The molecule has 196 valence electrons. The van der Waals surface area contributed by atoms with Crippen molar-refractivity contribution in [2.45, 2.75) is 98.5 Å². The number of aliphatic hydroxyl groups is 2. The predicted octanol–water partition coefficient (Wildman–Crippen LogP) is 4.42. The van der Waals surface area contributed by atoms with Crippen LogP contribution in [0.4, 0.5) is 0 Å². The van der Waals surface area contributed by atoms with E-state index in [-0.39, 0.29) is 18.1 Å². The number of ketones is 1. The molecule has 0 radical (unpaired) electrons. The highest BCUT2D eigenvalue weighted by Gasteiger charge is 2.42. The second-order valence-electron chi connectivity index (χ2n) is 10.5. The van der Waals surface area contributed by atoms with Crippen molar-refractivity contribution in [3.63, 3.8) is 0 Å². The summed E-state index contributed by atoms with van der Waals surface area (Å²) in [6.45, 7) is 11.2. The molecule has 35 heavy (non-hydrogen) atoms. The lowest BCUT2D eigenvalue weighted by Crippen LogP contribution is -2.45. The smallest absolute Gasteiger partial charge is 0.309 e. The van der Waals surface area contributed by atoms with Gasteiger partial charge in [-0.25, -0.2) is 4.98 Å². The van der Waals surface area contributed by atoms with Gasteiger partial charge in [0.05, 0.1) is 29.7 Å². The molecule has 0 bridgehead atoms. The van der Waals surface area contributed by atoms with Crippen LogP contribution < -0.4 is 5.73 Å². The molecule has 2 heterocycles. The number of esters is 1. The third-order valence-corrected chi connectivity index (χ3v) is 8.04. The van der Waals surface area contributed by atoms with Gasteiger partial charge in [0.25, 0.3) is 0 Å². The number of hydrogen-bond donors (Lipinski definition) is 3. The van der Waals surface area contributed by atoms with Crippen LogP contribution in [0.1, 0.15) is 84.3 Å². The summed E-state index contributed by atoms with van der Waals surface area (Å²) in [5, 5.41) is 24.4. The molecule has 0 saturated carbocycles. The zero-order chi connectivity index (χ0) is 26.3. The molecule has 0 unspecified atom stereocenters. The summed E-state index contributed by atoms with van der Waals surface area (Å²) in [6.07, 6.45) is 4.15. The van der Waals surface area contributed by atoms with Crippen LogP contribution in [0.3, 0.4) is 0 Å². The Hall–Kier alpha value is -1.87. The van der Waals surface area contributed by atoms with Crippen molar-refractivity contribution >= 4 is 29.2 Å². The highest BCUT2D eigenvalue weighted by molar-refractivity contribution is 7.09. The van der Waals surface area contributed by atoms with E-state index in [0.717, 1.165) is 35.5 Å². The summed E-state index contributed by atoms with van der Waals surface area (Å²) >= 11 is 1.48. The standard InChI is InChI=1S/C27H42N2O5S/c1-16-8-7-9-17(2)25(32)19(4)26(33)27(5,6)22(30)13-24(31)34-21(11-10-16)18(3)12-20-15-35-23(14-28)29-20/h10,12,15,17,19,21-22,25,30,32H,7-9,11,13-14,28H2,1-6H3/b16-10-,18-12?/t17-,19+,21-,22-,25-/m0/s1. The monoisotopic (exact) mass is 506 g/mol. The van der Waals surface area contributed by atoms with Crippen molar-refractivity contribution in [3.05, 3.63) is 33.3 Å². The number of Topliss-reactive ketones (excluding diaryl/α,β-unsaturated/α-hetero) is 1. The van der Waals surface area contributed by atoms with E-state index in [0.29, 0.717) is 13.0 Å². The minimum absolute atomic E-state index is 0.0537. The average Bonchev–Trinajstić information content (AvgIpc) is 3.26. The Morgan fingerprint density at radius 1 is 1.31 bits per heavy atom. The number of carbonyl (C=O) groups is 2. The van der Waals surface area contributed by atoms with E-state index in [4.69, 9.17) is 10.5 Å². The maximum absolute atomic E-state index is 13.2. The van der Waals surface area contributed by atoms with E-state index in [1.165, 1.54) is 16.9 Å². The molecule has 5 atom stereocenters. The van der Waals surface area contributed by atoms with Gasteiger partial charge in [0.2, 0.25) is 0 Å². The minimum Gasteiger partial charge on any atom is -0.457 e. The number of cyclic esters (lactones) is 1. The third-order valence-electron chi connectivity index (χ3n) is 7.15. The maximum Gasteiger partial charge on any atom is 0.309 e. The molecule has 0 aliphatic carbocycles. The molecule has 4 N–H and O–H groups in total. The van der Waals surface area contributed by atoms with Crippen LogP contribution in [0.15, 0.2) is 22.6 Å². The minimum atomic E-state index is -1.23. The van der Waals surface area contributed by atoms with E-state index in [1.54, 1.807) is 20.8 Å². The van der Waals surface area contributed by atoms with E-state index < -0.39 is 35.6 Å². The fourth-order valence-electron chi connectivity index (χ4n) is 4.44. The highest BCUT2D eigenvalue weighted by atomic mass is 32.1. The first-order valence-electron chi connectivity index (χ1n) is 12.4. The summed E-state index contributed by atoms with van der Waals surface area (Å²) in [7, 11) is 0. The van der Waals surface area contributed by atoms with Gasteiger partial charge >= 0.3 is 5.97 Å². The number of thiazole rings is 1. The third kappa shape index (κ3) is 8.07. The Morgan fingerprint density at radius 2 is 2.00 bits per heavy atom. The Kier molecular flexibility index (Phi) is 10.8. The molecule has 7 nitrogen and oxygen atoms in total. The topological polar surface area (TPSA) is 123 Å². The number of rotatable bonds is 3. The molecule has 1 aliphatic heterocycles. The summed E-state index contributed by atoms with van der Waals surface area (Å²) in [6, 6.07) is 0. The molecule has 2 rings (SSSR count). The molecule has 1 aromatic rings. The van der Waals surface area contributed by atoms with Crippen LogP contribution in [-0.4, -0.2) is 45.3 Å². The van der Waals surface area contributed by atoms with Gasteiger partial charge in [-0.3, -0.25) is 9.59 Å². The molecule has 0 amide bonds. The SMILES string of the molecule is CC(=Cc1csc(CN)n1)[C@@H]1C/C=C(/C)CCC[C@H](C)[C@H](O)[C@@H](C)C(=O)C(C)(C)[C@@H](O)CC(=O)O1. The van der Waals surface area contributed by atoms with Crippen molar-refractivity contribution in [1.82, 2.24) is 4.98 Å². The molecule has 1 aliphatic rings. The van der Waals surface area contributed by atoms with Gasteiger partial charge in [-0.15, -0.1) is 11.3 Å². The Balaban J connectivity index is 2.33. The van der Waals surface area contributed by atoms with Gasteiger partial charge in [0.1, 0.15) is 16.9 Å². The number of nitrogens with two attached hydrogens (primary N) is 1. The molecule has 0 spiro atoms. The van der Waals surface area contributed by atoms with Gasteiger partial charge in [-0.1, -0.05) is 39.3 Å². The van der Waals surface area contributed by atoms with E-state index in [2.05, 4.69) is 18.0 Å². The van der Waals surface area contributed by atoms with Crippen LogP contribution in [0.25, 0.3) is 6.08 Å². The van der Waals surface area contributed by atoms with Crippen molar-refractivity contribution < 1.29 is 24.5 Å². The second-order valence-corrected chi connectivity index (χ2v) is 11.4. The van der Waals surface area contributed by atoms with Gasteiger partial charge in [-0.2, -0.15) is 0 Å². The van der Waals surface area contributed by atoms with E-state index in [9.17, 15) is 19.8 Å². The molecule has 8 heteroatoms. The Labute approximate surface area is 213 Å². The van der Waals surface area contributed by atoms with Crippen LogP contribution in [0.2, 0.25) is 0 Å². The number of hydrogen-bond acceptors (Lipinski definition) is 8. The van der Waals surface area contributed by atoms with Gasteiger partial charge in [0, 0.05) is 24.3 Å². The van der Waals surface area contributed by atoms with Crippen molar-refractivity contribution in [2.75, 3.05) is 0 Å². The Morgan fingerprint density at radius 3 is 2.63 bits per heavy atom. The van der Waals surface area contributed by atoms with Crippen molar-refractivity contribution in [1.29, 1.82) is 0 Å². The first kappa shape index (κ1) is 29.4. The highest BCUT2D eigenvalue weighted by Crippen LogP contribution is 2.32. The number of aromatic nitrogens is 1. The van der Waals surface area contributed by atoms with Crippen LogP contribution >= 0.6 is 11.3 Å². The van der Waals surface area contributed by atoms with Crippen LogP contribution in [0, 0.1) is 17.3 Å². The number of aliphatic hydroxyl groups excluding tert-OH is 2. The van der Waals surface area contributed by atoms with E-state index in [1.807, 2.05) is 25.3 Å². The molecular formula is C27H42N2O5S. The van der Waals surface area contributed by atoms with Crippen LogP contribution in [0.5, 0.6) is 0 Å². The van der Waals surface area contributed by atoms with Crippen molar-refractivity contribution in [3.8, 4) is 0 Å². The van der Waals surface area contributed by atoms with E-state index >= 15 is 0 Å². The van der Waals surface area contributed by atoms with Gasteiger partial charge in [-0.05, 0) is 50.7 Å². The number of carbonyl (C=O) groups excluding carboxylic acids is 2. The summed E-state index contributed by atoms with van der Waals surface area (Å²) < 4.78 is 5.81. The summed E-state index contributed by atoms with van der Waals surface area (Å²) in [5.41, 5.74) is 7.26. The molecular weight excluding hydrogens is 464 g/mol. The van der Waals surface area contributed by atoms with Gasteiger partial charge in [0.15, 0.2) is 0 Å². The quantitative estimate of drug-likeness (QED) is 0.410. The summed E-state index contributed by atoms with van der Waals surface area (Å²) in [4.78, 5) is 30.5. The molecule has 0 fully saturated rings. The fraction of sp³-hybridized carbons (Fsp3) is 0.667. The zero-order valence-corrected chi connectivity index (χ0v) is 22.7. The lowest BCUT2D eigenvalue weighted by atomic mass is 9.73. The second kappa shape index (κ2) is 12.9. The van der Waals surface area contributed by atoms with Gasteiger partial charge < -0.3 is 20.7 Å². The maximum atomic E-state index is 13.2. The number of nitrogens with zero attached hydrogens (tertiary/aromatic N) is 1. The number of allylic oxidation sites excluding steroid dienone is 1. The first-order valence-corrected chi connectivity index (χ1v) is 13.3. The van der Waals surface area contributed by atoms with Crippen molar-refractivity contribution in [2.24, 2.45) is 23.0 Å². The van der Waals surface area contributed by atoms with Crippen LogP contribution in [-0.2, 0) is 20.9 Å². The lowest BCUT2D eigenvalue weighted by molar-refractivity contribution is -0.154. The zero-order valence-electron chi connectivity index (χ0n) is 21.9. The average molecular weight is 507 g/mol. The Bertz CT molecular complexity index is 936. The normalized spacial score (nSPS) is 31.5. The predicted molar refractivity (Wildman–Crippen MR) is 140 cm³/mol. The fourth-order valence-corrected chi connectivity index (χ4v) is 5.07. The summed E-state index contributed by atoms with van der Waals surface area (Å²) in [5.74, 6) is -1.53. The molecule has 1 aromatic heterocycles.